The summed E-state index contributed by atoms with van der Waals surface area (Å²) in [6, 6.07) is 9.70. The minimum Gasteiger partial charge on any atom is -0.493 e. The van der Waals surface area contributed by atoms with Crippen molar-refractivity contribution in [3.8, 4) is 23.0 Å². The zero-order chi connectivity index (χ0) is 21.3. The fraction of sp³-hybridized carbons (Fsp3) is 0.409. The van der Waals surface area contributed by atoms with Crippen molar-refractivity contribution in [3.05, 3.63) is 46.5 Å². The maximum Gasteiger partial charge on any atom is 0.191 e. The quantitative estimate of drug-likeness (QED) is 0.288. The number of hydrogen-bond donors (Lipinski definition) is 2. The van der Waals surface area contributed by atoms with E-state index in [9.17, 15) is 0 Å². The number of nitrogens with one attached hydrogen (secondary N) is 2. The Balaban J connectivity index is 0.00000341. The van der Waals surface area contributed by atoms with E-state index in [1.807, 2.05) is 37.3 Å². The Morgan fingerprint density at radius 2 is 1.81 bits per heavy atom. The molecule has 0 aromatic heterocycles. The van der Waals surface area contributed by atoms with Crippen molar-refractivity contribution >= 4 is 41.5 Å². The maximum atomic E-state index is 6.32. The lowest BCUT2D eigenvalue weighted by Gasteiger charge is -2.20. The number of guanidine groups is 1. The van der Waals surface area contributed by atoms with E-state index in [1.54, 1.807) is 14.2 Å². The lowest BCUT2D eigenvalue weighted by Crippen LogP contribution is -2.38. The SMILES string of the molecule is CCNC(=NCc1ccc(OC)c(OC)c1)NCCc1cc(Cl)c2c(c1)OCCO2.I. The standard InChI is InChI=1S/C22H28ClN3O4.HI/c1-4-24-22(26-14-16-5-6-18(27-2)19(13-16)28-3)25-8-7-15-11-17(23)21-20(12-15)29-9-10-30-21;/h5-6,11-13H,4,7-10,14H2,1-3H3,(H2,24,25,26);1H. The van der Waals surface area contributed by atoms with E-state index in [0.29, 0.717) is 54.3 Å². The van der Waals surface area contributed by atoms with Crippen LogP contribution in [0.4, 0.5) is 0 Å². The number of aliphatic imine (C=N–C) groups is 1. The Morgan fingerprint density at radius 3 is 2.55 bits per heavy atom. The highest BCUT2D eigenvalue weighted by molar-refractivity contribution is 14.0. The van der Waals surface area contributed by atoms with Crippen LogP contribution in [0.1, 0.15) is 18.1 Å². The summed E-state index contributed by atoms with van der Waals surface area (Å²) < 4.78 is 21.9. The van der Waals surface area contributed by atoms with Gasteiger partial charge in [0.05, 0.1) is 25.8 Å². The predicted molar refractivity (Wildman–Crippen MR) is 134 cm³/mol. The van der Waals surface area contributed by atoms with Gasteiger partial charge in [0, 0.05) is 13.1 Å². The van der Waals surface area contributed by atoms with Gasteiger partial charge >= 0.3 is 0 Å². The van der Waals surface area contributed by atoms with Gasteiger partial charge in [0.1, 0.15) is 13.2 Å². The van der Waals surface area contributed by atoms with E-state index in [-0.39, 0.29) is 24.0 Å². The van der Waals surface area contributed by atoms with Gasteiger partial charge in [-0.05, 0) is 48.7 Å². The number of methoxy groups -OCH3 is 2. The monoisotopic (exact) mass is 561 g/mol. The van der Waals surface area contributed by atoms with Crippen molar-refractivity contribution in [1.82, 2.24) is 10.6 Å². The van der Waals surface area contributed by atoms with Gasteiger partial charge in [-0.3, -0.25) is 0 Å². The van der Waals surface area contributed by atoms with Gasteiger partial charge in [0.25, 0.3) is 0 Å². The average Bonchev–Trinajstić information content (AvgIpc) is 2.77. The summed E-state index contributed by atoms with van der Waals surface area (Å²) >= 11 is 6.32. The fourth-order valence-electron chi connectivity index (χ4n) is 3.12. The molecule has 1 aliphatic rings. The van der Waals surface area contributed by atoms with E-state index in [2.05, 4.69) is 15.6 Å². The van der Waals surface area contributed by atoms with Crippen LogP contribution in [0.5, 0.6) is 23.0 Å². The van der Waals surface area contributed by atoms with Crippen LogP contribution in [0.25, 0.3) is 0 Å². The molecule has 170 valence electrons. The van der Waals surface area contributed by atoms with Crippen LogP contribution in [-0.2, 0) is 13.0 Å². The number of halogens is 2. The Hall–Kier alpha value is -2.07. The van der Waals surface area contributed by atoms with E-state index < -0.39 is 0 Å². The summed E-state index contributed by atoms with van der Waals surface area (Å²) in [5.74, 6) is 3.48. The molecule has 0 unspecified atom stereocenters. The number of ether oxygens (including phenoxy) is 4. The van der Waals surface area contributed by atoms with Gasteiger partial charge in [-0.2, -0.15) is 0 Å². The number of nitrogens with zero attached hydrogens (tertiary/aromatic N) is 1. The Morgan fingerprint density at radius 1 is 1.03 bits per heavy atom. The molecule has 0 radical (unpaired) electrons. The van der Waals surface area contributed by atoms with Crippen molar-refractivity contribution < 1.29 is 18.9 Å². The van der Waals surface area contributed by atoms with Crippen molar-refractivity contribution in [1.29, 1.82) is 0 Å². The first-order valence-electron chi connectivity index (χ1n) is 9.95. The smallest absolute Gasteiger partial charge is 0.191 e. The molecule has 0 fully saturated rings. The molecule has 31 heavy (non-hydrogen) atoms. The average molecular weight is 562 g/mol. The van der Waals surface area contributed by atoms with Crippen LogP contribution < -0.4 is 29.6 Å². The molecule has 3 rings (SSSR count). The van der Waals surface area contributed by atoms with Crippen LogP contribution >= 0.6 is 35.6 Å². The first kappa shape index (κ1) is 25.2. The van der Waals surface area contributed by atoms with E-state index >= 15 is 0 Å². The third-order valence-corrected chi connectivity index (χ3v) is 4.86. The molecule has 0 bridgehead atoms. The molecule has 0 aliphatic carbocycles. The van der Waals surface area contributed by atoms with Crippen LogP contribution in [-0.4, -0.2) is 46.5 Å². The summed E-state index contributed by atoms with van der Waals surface area (Å²) in [6.07, 6.45) is 0.775. The van der Waals surface area contributed by atoms with Crippen LogP contribution in [0, 0.1) is 0 Å². The van der Waals surface area contributed by atoms with Gasteiger partial charge in [-0.1, -0.05) is 17.7 Å². The van der Waals surface area contributed by atoms with Crippen molar-refractivity contribution in [2.24, 2.45) is 4.99 Å². The highest BCUT2D eigenvalue weighted by atomic mass is 127. The summed E-state index contributed by atoms with van der Waals surface area (Å²) in [5.41, 5.74) is 2.11. The highest BCUT2D eigenvalue weighted by Gasteiger charge is 2.16. The van der Waals surface area contributed by atoms with Crippen LogP contribution in [0.15, 0.2) is 35.3 Å². The molecule has 0 spiro atoms. The second-order valence-electron chi connectivity index (χ2n) is 6.66. The molecule has 0 saturated carbocycles. The molecule has 0 amide bonds. The third-order valence-electron chi connectivity index (χ3n) is 4.57. The molecule has 2 N–H and O–H groups in total. The van der Waals surface area contributed by atoms with Gasteiger partial charge < -0.3 is 29.6 Å². The second-order valence-corrected chi connectivity index (χ2v) is 7.07. The molecule has 7 nitrogen and oxygen atoms in total. The molecule has 2 aromatic carbocycles. The first-order chi connectivity index (χ1) is 14.6. The number of fused-ring (bicyclic) bond motifs is 1. The van der Waals surface area contributed by atoms with Crippen molar-refractivity contribution in [3.63, 3.8) is 0 Å². The summed E-state index contributed by atoms with van der Waals surface area (Å²) in [6.45, 7) is 5.09. The van der Waals surface area contributed by atoms with E-state index in [1.165, 1.54) is 0 Å². The van der Waals surface area contributed by atoms with Crippen LogP contribution in [0.3, 0.4) is 0 Å². The molecular weight excluding hydrogens is 533 g/mol. The number of benzene rings is 2. The molecular formula is C22H29ClIN3O4. The van der Waals surface area contributed by atoms with Crippen molar-refractivity contribution in [2.45, 2.75) is 19.9 Å². The highest BCUT2D eigenvalue weighted by Crippen LogP contribution is 2.38. The second kappa shape index (κ2) is 12.7. The Kier molecular flexibility index (Phi) is 10.3. The summed E-state index contributed by atoms with van der Waals surface area (Å²) in [7, 11) is 3.25. The van der Waals surface area contributed by atoms with E-state index in [0.717, 1.165) is 30.1 Å². The minimum absolute atomic E-state index is 0. The molecule has 1 heterocycles. The van der Waals surface area contributed by atoms with Crippen LogP contribution in [0.2, 0.25) is 5.02 Å². The topological polar surface area (TPSA) is 73.3 Å². The molecule has 9 heteroatoms. The van der Waals surface area contributed by atoms with Gasteiger partial charge in [0.2, 0.25) is 0 Å². The zero-order valence-electron chi connectivity index (χ0n) is 18.0. The number of rotatable bonds is 8. The first-order valence-corrected chi connectivity index (χ1v) is 10.3. The zero-order valence-corrected chi connectivity index (χ0v) is 21.1. The molecule has 0 atom stereocenters. The molecule has 1 aliphatic heterocycles. The molecule has 2 aromatic rings. The fourth-order valence-corrected chi connectivity index (χ4v) is 3.41. The lowest BCUT2D eigenvalue weighted by molar-refractivity contribution is 0.171. The lowest BCUT2D eigenvalue weighted by atomic mass is 10.1. The Bertz CT molecular complexity index is 895. The minimum atomic E-state index is 0. The normalized spacial score (nSPS) is 12.6. The van der Waals surface area contributed by atoms with Crippen molar-refractivity contribution in [2.75, 3.05) is 40.5 Å². The van der Waals surface area contributed by atoms with Gasteiger partial charge in [-0.15, -0.1) is 24.0 Å². The van der Waals surface area contributed by atoms with E-state index in [4.69, 9.17) is 30.5 Å². The third kappa shape index (κ3) is 6.96. The predicted octanol–water partition coefficient (Wildman–Crippen LogP) is 4.04. The van der Waals surface area contributed by atoms with Gasteiger partial charge in [-0.25, -0.2) is 4.99 Å². The Labute approximate surface area is 205 Å². The van der Waals surface area contributed by atoms with Gasteiger partial charge in [0.15, 0.2) is 29.0 Å². The summed E-state index contributed by atoms with van der Waals surface area (Å²) in [4.78, 5) is 4.66. The number of hydrogen-bond acceptors (Lipinski definition) is 5. The maximum absolute atomic E-state index is 6.32. The molecule has 0 saturated heterocycles. The largest absolute Gasteiger partial charge is 0.493 e. The summed E-state index contributed by atoms with van der Waals surface area (Å²) in [5, 5.41) is 7.20.